The molecule has 0 aromatic heterocycles. The highest BCUT2D eigenvalue weighted by Crippen LogP contribution is 1.82. The first-order valence-electron chi connectivity index (χ1n) is 4.70. The van der Waals surface area contributed by atoms with Crippen molar-refractivity contribution in [1.29, 1.82) is 0 Å². The molecule has 7 nitrogen and oxygen atoms in total. The smallest absolute Gasteiger partial charge is 0.435 e. The Bertz CT molecular complexity index is 226. The number of hydrogen-bond donors (Lipinski definition) is 2. The molecule has 7 heteroatoms. The zero-order valence-corrected chi connectivity index (χ0v) is 9.93. The summed E-state index contributed by atoms with van der Waals surface area (Å²) in [6, 6.07) is 0. The van der Waals surface area contributed by atoms with Crippen LogP contribution >= 0.6 is 0 Å². The van der Waals surface area contributed by atoms with Gasteiger partial charge in [-0.05, 0) is 27.7 Å². The number of rotatable bonds is 3. The molecule has 0 bridgehead atoms. The summed E-state index contributed by atoms with van der Waals surface area (Å²) in [7, 11) is 0. The highest BCUT2D eigenvalue weighted by Gasteiger charge is 1.96. The van der Waals surface area contributed by atoms with Gasteiger partial charge in [-0.15, -0.1) is 0 Å². The quantitative estimate of drug-likeness (QED) is 0.336. The Balaban J connectivity index is 0. The molecule has 0 radical (unpaired) electrons. The van der Waals surface area contributed by atoms with Crippen molar-refractivity contribution in [2.75, 3.05) is 13.2 Å². The summed E-state index contributed by atoms with van der Waals surface area (Å²) in [5, 5.41) is 21.6. The van der Waals surface area contributed by atoms with Crippen LogP contribution in [0, 0.1) is 0 Å². The minimum Gasteiger partial charge on any atom is -0.435 e. The van der Waals surface area contributed by atoms with Crippen molar-refractivity contribution in [3.63, 3.8) is 0 Å². The Morgan fingerprint density at radius 2 is 1.31 bits per heavy atom. The fourth-order valence-corrected chi connectivity index (χ4v) is 0.422. The average molecular weight is 234 g/mol. The van der Waals surface area contributed by atoms with Crippen LogP contribution in [-0.2, 0) is 9.47 Å². The van der Waals surface area contributed by atoms with E-state index in [-0.39, 0.29) is 0 Å². The van der Waals surface area contributed by atoms with Crippen molar-refractivity contribution in [3.8, 4) is 0 Å². The van der Waals surface area contributed by atoms with Crippen molar-refractivity contribution >= 4 is 17.6 Å². The Morgan fingerprint density at radius 1 is 1.00 bits per heavy atom. The van der Waals surface area contributed by atoms with Crippen LogP contribution in [0.1, 0.15) is 27.7 Å². The lowest BCUT2D eigenvalue weighted by atomic mass is 10.3. The summed E-state index contributed by atoms with van der Waals surface area (Å²) >= 11 is 0. The average Bonchev–Trinajstić information content (AvgIpc) is 2.28. The second-order valence-corrected chi connectivity index (χ2v) is 2.49. The molecule has 0 heterocycles. The molecule has 0 aliphatic rings. The van der Waals surface area contributed by atoms with Crippen LogP contribution < -0.4 is 0 Å². The van der Waals surface area contributed by atoms with Crippen LogP contribution in [0.25, 0.3) is 0 Å². The Morgan fingerprint density at radius 3 is 1.50 bits per heavy atom. The van der Waals surface area contributed by atoms with E-state index in [1.54, 1.807) is 13.8 Å². The van der Waals surface area contributed by atoms with Crippen molar-refractivity contribution in [1.82, 2.24) is 0 Å². The molecule has 0 saturated carbocycles. The molecule has 2 N–H and O–H groups in total. The van der Waals surface area contributed by atoms with E-state index in [1.165, 1.54) is 13.8 Å². The van der Waals surface area contributed by atoms with Crippen molar-refractivity contribution < 1.29 is 24.7 Å². The first-order chi connectivity index (χ1) is 7.53. The highest BCUT2D eigenvalue weighted by atomic mass is 16.7. The van der Waals surface area contributed by atoms with E-state index >= 15 is 0 Å². The van der Waals surface area contributed by atoms with Crippen molar-refractivity contribution in [3.05, 3.63) is 0 Å². The molecule has 0 unspecified atom stereocenters. The van der Waals surface area contributed by atoms with Gasteiger partial charge in [0, 0.05) is 0 Å². The van der Waals surface area contributed by atoms with E-state index in [1.807, 2.05) is 0 Å². The topological polar surface area (TPSA) is 101 Å². The third-order valence-electron chi connectivity index (χ3n) is 1.35. The first-order valence-corrected chi connectivity index (χ1v) is 4.70. The molecule has 0 aliphatic heterocycles. The van der Waals surface area contributed by atoms with Crippen molar-refractivity contribution in [2.45, 2.75) is 27.7 Å². The van der Waals surface area contributed by atoms with E-state index in [0.717, 1.165) is 0 Å². The van der Waals surface area contributed by atoms with Gasteiger partial charge >= 0.3 is 6.16 Å². The number of ether oxygens (including phenoxy) is 2. The third kappa shape index (κ3) is 10.3. The summed E-state index contributed by atoms with van der Waals surface area (Å²) in [5.41, 5.74) is 0.625. The normalized spacial score (nSPS) is 11.2. The molecule has 0 atom stereocenters. The molecule has 0 aliphatic carbocycles. The summed E-state index contributed by atoms with van der Waals surface area (Å²) in [6.45, 7) is 7.29. The molecule has 94 valence electrons. The van der Waals surface area contributed by atoms with Gasteiger partial charge in [-0.25, -0.2) is 4.79 Å². The van der Waals surface area contributed by atoms with Gasteiger partial charge in [-0.1, -0.05) is 10.3 Å². The lowest BCUT2D eigenvalue weighted by Crippen LogP contribution is -2.05. The maximum atomic E-state index is 10.2. The zero-order valence-electron chi connectivity index (χ0n) is 9.93. The predicted molar refractivity (Wildman–Crippen MR) is 58.4 cm³/mol. The van der Waals surface area contributed by atoms with E-state index in [4.69, 9.17) is 10.4 Å². The zero-order chi connectivity index (χ0) is 13.0. The number of oxime groups is 2. The Hall–Kier alpha value is -1.79. The van der Waals surface area contributed by atoms with Gasteiger partial charge in [0.15, 0.2) is 0 Å². The lowest BCUT2D eigenvalue weighted by molar-refractivity contribution is 0.0630. The largest absolute Gasteiger partial charge is 0.508 e. The van der Waals surface area contributed by atoms with E-state index in [9.17, 15) is 4.79 Å². The van der Waals surface area contributed by atoms with Crippen LogP contribution in [0.5, 0.6) is 0 Å². The number of nitrogens with zero attached hydrogens (tertiary/aromatic N) is 2. The molecule has 0 aromatic rings. The van der Waals surface area contributed by atoms with E-state index < -0.39 is 6.16 Å². The van der Waals surface area contributed by atoms with Gasteiger partial charge in [0.1, 0.15) is 11.4 Å². The van der Waals surface area contributed by atoms with E-state index in [2.05, 4.69) is 19.8 Å². The number of hydrogen-bond acceptors (Lipinski definition) is 7. The predicted octanol–water partition coefficient (Wildman–Crippen LogP) is 1.87. The van der Waals surface area contributed by atoms with Crippen LogP contribution in [0.15, 0.2) is 10.3 Å². The van der Waals surface area contributed by atoms with Gasteiger partial charge in [0.05, 0.1) is 13.2 Å². The Kier molecular flexibility index (Phi) is 11.7. The van der Waals surface area contributed by atoms with Crippen LogP contribution in [0.3, 0.4) is 0 Å². The van der Waals surface area contributed by atoms with Crippen LogP contribution in [0.2, 0.25) is 0 Å². The summed E-state index contributed by atoms with van der Waals surface area (Å²) in [6.07, 6.45) is -0.588. The maximum absolute atomic E-state index is 10.2. The molecule has 0 amide bonds. The van der Waals surface area contributed by atoms with E-state index in [0.29, 0.717) is 24.6 Å². The first kappa shape index (κ1) is 16.6. The lowest BCUT2D eigenvalue weighted by Gasteiger charge is -1.98. The molecular weight excluding hydrogens is 216 g/mol. The number of carbonyl (C=O) groups excluding carboxylic acids is 1. The third-order valence-corrected chi connectivity index (χ3v) is 1.35. The van der Waals surface area contributed by atoms with Gasteiger partial charge in [0.25, 0.3) is 0 Å². The second kappa shape index (κ2) is 11.3. The molecule has 0 rings (SSSR count). The van der Waals surface area contributed by atoms with Gasteiger partial charge in [-0.2, -0.15) is 0 Å². The minimum absolute atomic E-state index is 0.313. The fraction of sp³-hybridized carbons (Fsp3) is 0.667. The monoisotopic (exact) mass is 234 g/mol. The molecule has 0 aromatic carbocycles. The SMILES string of the molecule is CC(=NO)C(C)=NO.CCOC(=O)OCC. The molecule has 0 saturated heterocycles. The van der Waals surface area contributed by atoms with Gasteiger partial charge < -0.3 is 19.9 Å². The Labute approximate surface area is 94.3 Å². The fourth-order valence-electron chi connectivity index (χ4n) is 0.422. The minimum atomic E-state index is -0.588. The van der Waals surface area contributed by atoms with Gasteiger partial charge in [-0.3, -0.25) is 0 Å². The number of carbonyl (C=O) groups is 1. The van der Waals surface area contributed by atoms with Gasteiger partial charge in [0.2, 0.25) is 0 Å². The summed E-state index contributed by atoms with van der Waals surface area (Å²) in [4.78, 5) is 10.2. The highest BCUT2D eigenvalue weighted by molar-refractivity contribution is 6.40. The second-order valence-electron chi connectivity index (χ2n) is 2.49. The maximum Gasteiger partial charge on any atom is 0.508 e. The van der Waals surface area contributed by atoms with Crippen molar-refractivity contribution in [2.24, 2.45) is 10.3 Å². The molecular formula is C9H18N2O5. The van der Waals surface area contributed by atoms with Crippen LogP contribution in [0.4, 0.5) is 4.79 Å². The van der Waals surface area contributed by atoms with Crippen LogP contribution in [-0.4, -0.2) is 41.2 Å². The molecule has 0 spiro atoms. The standard InChI is InChI=1S/C5H10O3.C4H8N2O2/c1-3-7-5(6)8-4-2;1-3(5-7)4(2)6-8/h3-4H2,1-2H3;7-8H,1-2H3. The molecule has 0 fully saturated rings. The summed E-state index contributed by atoms with van der Waals surface area (Å²) in [5.74, 6) is 0. The molecule has 16 heavy (non-hydrogen) atoms. The summed E-state index contributed by atoms with van der Waals surface area (Å²) < 4.78 is 8.84.